The SMILES string of the molecule is CCN(CC)c1ccc(/C=C2/SC(=O)N(CNc3ccccc3OC)C2=O)cc1. The van der Waals surface area contributed by atoms with Gasteiger partial charge in [0.1, 0.15) is 5.75 Å². The molecule has 152 valence electrons. The first kappa shape index (κ1) is 20.8. The van der Waals surface area contributed by atoms with Crippen LogP contribution in [0.4, 0.5) is 16.2 Å². The van der Waals surface area contributed by atoms with Crippen molar-refractivity contribution in [3.63, 3.8) is 0 Å². The van der Waals surface area contributed by atoms with E-state index in [-0.39, 0.29) is 17.8 Å². The second-order valence-corrected chi connectivity index (χ2v) is 7.40. The van der Waals surface area contributed by atoms with E-state index in [1.807, 2.05) is 48.5 Å². The number of nitrogens with one attached hydrogen (secondary N) is 1. The number of carbonyl (C=O) groups excluding carboxylic acids is 2. The highest BCUT2D eigenvalue weighted by molar-refractivity contribution is 8.18. The Bertz CT molecular complexity index is 908. The number of amides is 2. The topological polar surface area (TPSA) is 61.9 Å². The highest BCUT2D eigenvalue weighted by atomic mass is 32.2. The summed E-state index contributed by atoms with van der Waals surface area (Å²) in [6.45, 7) is 6.20. The van der Waals surface area contributed by atoms with E-state index in [1.165, 1.54) is 4.90 Å². The van der Waals surface area contributed by atoms with Crippen molar-refractivity contribution in [2.45, 2.75) is 13.8 Å². The molecule has 2 aromatic carbocycles. The minimum Gasteiger partial charge on any atom is -0.495 e. The summed E-state index contributed by atoms with van der Waals surface area (Å²) in [5, 5.41) is 2.81. The number of ether oxygens (including phenoxy) is 1. The summed E-state index contributed by atoms with van der Waals surface area (Å²) in [6, 6.07) is 15.4. The Kier molecular flexibility index (Phi) is 6.82. The Morgan fingerprint density at radius 1 is 1.07 bits per heavy atom. The number of imide groups is 1. The Labute approximate surface area is 175 Å². The highest BCUT2D eigenvalue weighted by Gasteiger charge is 2.34. The van der Waals surface area contributed by atoms with E-state index in [9.17, 15) is 9.59 Å². The van der Waals surface area contributed by atoms with E-state index in [4.69, 9.17) is 4.74 Å². The molecular weight excluding hydrogens is 386 g/mol. The van der Waals surface area contributed by atoms with Crippen LogP contribution in [-0.2, 0) is 4.79 Å². The van der Waals surface area contributed by atoms with Crippen LogP contribution in [0.25, 0.3) is 6.08 Å². The van der Waals surface area contributed by atoms with Crippen LogP contribution in [0.1, 0.15) is 19.4 Å². The van der Waals surface area contributed by atoms with Crippen molar-refractivity contribution in [3.8, 4) is 5.75 Å². The van der Waals surface area contributed by atoms with E-state index >= 15 is 0 Å². The third-order valence-corrected chi connectivity index (χ3v) is 5.64. The number of anilines is 2. The molecule has 0 radical (unpaired) electrons. The summed E-state index contributed by atoms with van der Waals surface area (Å²) in [5.41, 5.74) is 2.76. The summed E-state index contributed by atoms with van der Waals surface area (Å²) in [4.78, 5) is 28.9. The molecule has 6 nitrogen and oxygen atoms in total. The van der Waals surface area contributed by atoms with Gasteiger partial charge in [-0.25, -0.2) is 0 Å². The normalized spacial score (nSPS) is 15.1. The molecule has 0 aliphatic carbocycles. The summed E-state index contributed by atoms with van der Waals surface area (Å²) < 4.78 is 5.29. The van der Waals surface area contributed by atoms with Crippen LogP contribution in [0.3, 0.4) is 0 Å². The van der Waals surface area contributed by atoms with E-state index in [0.717, 1.165) is 41.8 Å². The third kappa shape index (κ3) is 4.74. The first-order valence-corrected chi connectivity index (χ1v) is 10.4. The maximum absolute atomic E-state index is 12.7. The third-order valence-electron chi connectivity index (χ3n) is 4.73. The molecule has 1 N–H and O–H groups in total. The number of hydrogen-bond acceptors (Lipinski definition) is 6. The molecule has 1 saturated heterocycles. The molecule has 0 spiro atoms. The van der Waals surface area contributed by atoms with Gasteiger partial charge in [0.2, 0.25) is 0 Å². The van der Waals surface area contributed by atoms with Crippen LogP contribution in [0.5, 0.6) is 5.75 Å². The quantitative estimate of drug-likeness (QED) is 0.638. The smallest absolute Gasteiger partial charge is 0.295 e. The van der Waals surface area contributed by atoms with Crippen LogP contribution in [-0.4, -0.2) is 42.9 Å². The zero-order valence-electron chi connectivity index (χ0n) is 16.8. The predicted octanol–water partition coefficient (Wildman–Crippen LogP) is 4.65. The van der Waals surface area contributed by atoms with Crippen LogP contribution in [0.15, 0.2) is 53.4 Å². The van der Waals surface area contributed by atoms with Crippen molar-refractivity contribution in [1.29, 1.82) is 0 Å². The number of carbonyl (C=O) groups is 2. The van der Waals surface area contributed by atoms with Crippen molar-refractivity contribution in [2.75, 3.05) is 37.1 Å². The van der Waals surface area contributed by atoms with E-state index in [2.05, 4.69) is 24.1 Å². The first-order valence-electron chi connectivity index (χ1n) is 9.54. The average Bonchev–Trinajstić information content (AvgIpc) is 3.01. The minimum atomic E-state index is -0.296. The number of para-hydroxylation sites is 2. The van der Waals surface area contributed by atoms with Crippen LogP contribution < -0.4 is 15.0 Å². The predicted molar refractivity (Wildman–Crippen MR) is 119 cm³/mol. The fourth-order valence-corrected chi connectivity index (χ4v) is 3.95. The van der Waals surface area contributed by atoms with E-state index < -0.39 is 0 Å². The number of nitrogens with zero attached hydrogens (tertiary/aromatic N) is 2. The fourth-order valence-electron chi connectivity index (χ4n) is 3.11. The first-order chi connectivity index (χ1) is 14.1. The Morgan fingerprint density at radius 2 is 1.76 bits per heavy atom. The van der Waals surface area contributed by atoms with Gasteiger partial charge in [0.15, 0.2) is 0 Å². The molecule has 7 heteroatoms. The zero-order chi connectivity index (χ0) is 20.8. The van der Waals surface area contributed by atoms with Crippen molar-refractivity contribution in [2.24, 2.45) is 0 Å². The molecule has 0 bridgehead atoms. The van der Waals surface area contributed by atoms with Gasteiger partial charge in [-0.1, -0.05) is 24.3 Å². The number of hydrogen-bond donors (Lipinski definition) is 1. The lowest BCUT2D eigenvalue weighted by Crippen LogP contribution is -2.33. The molecule has 0 aromatic heterocycles. The Balaban J connectivity index is 1.69. The molecule has 1 aliphatic rings. The lowest BCUT2D eigenvalue weighted by atomic mass is 10.1. The van der Waals surface area contributed by atoms with Crippen molar-refractivity contribution < 1.29 is 14.3 Å². The Hall–Kier alpha value is -2.93. The lowest BCUT2D eigenvalue weighted by molar-refractivity contribution is -0.122. The van der Waals surface area contributed by atoms with Crippen molar-refractivity contribution in [3.05, 3.63) is 59.0 Å². The van der Waals surface area contributed by atoms with Gasteiger partial charge in [0, 0.05) is 18.8 Å². The monoisotopic (exact) mass is 411 g/mol. The van der Waals surface area contributed by atoms with Crippen LogP contribution in [0.2, 0.25) is 0 Å². The van der Waals surface area contributed by atoms with Gasteiger partial charge in [-0.05, 0) is 61.5 Å². The molecular formula is C22H25N3O3S. The van der Waals surface area contributed by atoms with Gasteiger partial charge in [0.05, 0.1) is 24.4 Å². The molecule has 2 aromatic rings. The van der Waals surface area contributed by atoms with Crippen molar-refractivity contribution >= 4 is 40.4 Å². The largest absolute Gasteiger partial charge is 0.495 e. The van der Waals surface area contributed by atoms with E-state index in [0.29, 0.717) is 10.7 Å². The molecule has 3 rings (SSSR count). The molecule has 29 heavy (non-hydrogen) atoms. The summed E-state index contributed by atoms with van der Waals surface area (Å²) in [5.74, 6) is 0.360. The van der Waals surface area contributed by atoms with Gasteiger partial charge in [0.25, 0.3) is 11.1 Å². The highest BCUT2D eigenvalue weighted by Crippen LogP contribution is 2.33. The molecule has 2 amide bonds. The summed E-state index contributed by atoms with van der Waals surface area (Å²) in [7, 11) is 1.58. The standard InChI is InChI=1S/C22H25N3O3S/c1-4-24(5-2)17-12-10-16(11-13-17)14-20-21(26)25(22(27)29-20)15-23-18-8-6-7-9-19(18)28-3/h6-14,23H,4-5,15H2,1-3H3/b20-14+. The van der Waals surface area contributed by atoms with Gasteiger partial charge >= 0.3 is 0 Å². The molecule has 0 atom stereocenters. The van der Waals surface area contributed by atoms with Crippen LogP contribution >= 0.6 is 11.8 Å². The summed E-state index contributed by atoms with van der Waals surface area (Å²) >= 11 is 0.958. The second-order valence-electron chi connectivity index (χ2n) is 6.41. The molecule has 1 fully saturated rings. The van der Waals surface area contributed by atoms with Gasteiger partial charge in [-0.3, -0.25) is 14.5 Å². The van der Waals surface area contributed by atoms with Gasteiger partial charge in [-0.15, -0.1) is 0 Å². The second kappa shape index (κ2) is 9.52. The number of methoxy groups -OCH3 is 1. The number of benzene rings is 2. The fraction of sp³-hybridized carbons (Fsp3) is 0.273. The lowest BCUT2D eigenvalue weighted by Gasteiger charge is -2.20. The van der Waals surface area contributed by atoms with Crippen LogP contribution in [0, 0.1) is 0 Å². The maximum atomic E-state index is 12.7. The molecule has 1 aliphatic heterocycles. The molecule has 1 heterocycles. The number of rotatable bonds is 8. The van der Waals surface area contributed by atoms with E-state index in [1.54, 1.807) is 13.2 Å². The minimum absolute atomic E-state index is 0.0866. The summed E-state index contributed by atoms with van der Waals surface area (Å²) in [6.07, 6.45) is 1.76. The van der Waals surface area contributed by atoms with Gasteiger partial charge < -0.3 is 15.0 Å². The van der Waals surface area contributed by atoms with Gasteiger partial charge in [-0.2, -0.15) is 0 Å². The number of thioether (sulfide) groups is 1. The maximum Gasteiger partial charge on any atom is 0.295 e. The van der Waals surface area contributed by atoms with Crippen molar-refractivity contribution in [1.82, 2.24) is 4.90 Å². The molecule has 0 saturated carbocycles. The Morgan fingerprint density at radius 3 is 2.41 bits per heavy atom. The average molecular weight is 412 g/mol. The molecule has 0 unspecified atom stereocenters. The zero-order valence-corrected chi connectivity index (χ0v) is 17.7.